The first-order valence-electron chi connectivity index (χ1n) is 7.91. The first-order valence-corrected chi connectivity index (χ1v) is 7.91. The van der Waals surface area contributed by atoms with Gasteiger partial charge in [-0.25, -0.2) is 4.79 Å². The number of furan rings is 1. The molecule has 0 atom stereocenters. The van der Waals surface area contributed by atoms with E-state index in [1.54, 1.807) is 48.5 Å². The molecule has 4 rings (SSSR count). The molecule has 128 valence electrons. The van der Waals surface area contributed by atoms with Gasteiger partial charge in [0.15, 0.2) is 5.76 Å². The molecule has 6 nitrogen and oxygen atoms in total. The van der Waals surface area contributed by atoms with Crippen LogP contribution in [0.3, 0.4) is 0 Å². The largest absolute Gasteiger partial charge is 0.450 e. The highest BCUT2D eigenvalue weighted by Gasteiger charge is 2.25. The van der Waals surface area contributed by atoms with Crippen LogP contribution in [0.2, 0.25) is 0 Å². The van der Waals surface area contributed by atoms with E-state index in [1.165, 1.54) is 13.0 Å². The first-order chi connectivity index (χ1) is 12.5. The van der Waals surface area contributed by atoms with Gasteiger partial charge in [-0.1, -0.05) is 30.3 Å². The summed E-state index contributed by atoms with van der Waals surface area (Å²) in [5.74, 6) is -1.11. The smallest absolute Gasteiger partial charge is 0.347 e. The van der Waals surface area contributed by atoms with Crippen LogP contribution in [0.5, 0.6) is 0 Å². The van der Waals surface area contributed by atoms with E-state index in [4.69, 9.17) is 8.83 Å². The topological polar surface area (TPSA) is 89.5 Å². The second-order valence-electron chi connectivity index (χ2n) is 5.80. The van der Waals surface area contributed by atoms with Crippen LogP contribution in [0.15, 0.2) is 68.2 Å². The molecule has 0 saturated heterocycles. The summed E-state index contributed by atoms with van der Waals surface area (Å²) < 4.78 is 10.9. The first kappa shape index (κ1) is 15.8. The maximum Gasteiger partial charge on any atom is 0.347 e. The van der Waals surface area contributed by atoms with E-state index in [-0.39, 0.29) is 22.9 Å². The van der Waals surface area contributed by atoms with Crippen molar-refractivity contribution in [2.45, 2.75) is 6.92 Å². The standard InChI is InChI=1S/C20H13NO5/c1-11(22)21-17-13-7-3-5-9-16(13)25-19(17)18(23)14-10-12-6-2-4-8-15(12)26-20(14)24/h2-10H,1H3,(H,21,22). The van der Waals surface area contributed by atoms with Crippen LogP contribution in [0, 0.1) is 0 Å². The molecular formula is C20H13NO5. The monoisotopic (exact) mass is 347 g/mol. The summed E-state index contributed by atoms with van der Waals surface area (Å²) in [6, 6.07) is 15.3. The van der Waals surface area contributed by atoms with Gasteiger partial charge in [0.25, 0.3) is 0 Å². The highest BCUT2D eigenvalue weighted by atomic mass is 16.4. The summed E-state index contributed by atoms with van der Waals surface area (Å²) >= 11 is 0. The lowest BCUT2D eigenvalue weighted by Gasteiger charge is -2.03. The van der Waals surface area contributed by atoms with E-state index in [9.17, 15) is 14.4 Å². The van der Waals surface area contributed by atoms with Crippen LogP contribution >= 0.6 is 0 Å². The van der Waals surface area contributed by atoms with Crippen molar-refractivity contribution >= 4 is 39.3 Å². The molecule has 0 bridgehead atoms. The van der Waals surface area contributed by atoms with Crippen molar-refractivity contribution in [1.82, 2.24) is 0 Å². The molecule has 0 saturated carbocycles. The van der Waals surface area contributed by atoms with Crippen molar-refractivity contribution in [3.05, 3.63) is 76.3 Å². The molecule has 26 heavy (non-hydrogen) atoms. The molecule has 2 aromatic heterocycles. The van der Waals surface area contributed by atoms with Crippen LogP contribution in [-0.2, 0) is 4.79 Å². The Balaban J connectivity index is 1.93. The van der Waals surface area contributed by atoms with Gasteiger partial charge < -0.3 is 14.2 Å². The maximum absolute atomic E-state index is 13.0. The predicted molar refractivity (Wildman–Crippen MR) is 96.4 cm³/mol. The molecule has 6 heteroatoms. The normalized spacial score (nSPS) is 11.0. The van der Waals surface area contributed by atoms with E-state index >= 15 is 0 Å². The molecule has 2 aromatic carbocycles. The number of fused-ring (bicyclic) bond motifs is 2. The third kappa shape index (κ3) is 2.57. The lowest BCUT2D eigenvalue weighted by molar-refractivity contribution is -0.114. The second-order valence-corrected chi connectivity index (χ2v) is 5.80. The van der Waals surface area contributed by atoms with Gasteiger partial charge >= 0.3 is 5.63 Å². The number of nitrogens with one attached hydrogen (secondary N) is 1. The van der Waals surface area contributed by atoms with Crippen molar-refractivity contribution in [2.75, 3.05) is 5.32 Å². The highest BCUT2D eigenvalue weighted by molar-refractivity contribution is 6.17. The number of carbonyl (C=O) groups excluding carboxylic acids is 2. The van der Waals surface area contributed by atoms with Gasteiger partial charge in [0.2, 0.25) is 11.7 Å². The molecule has 1 N–H and O–H groups in total. The number of rotatable bonds is 3. The summed E-state index contributed by atoms with van der Waals surface area (Å²) in [6.45, 7) is 1.33. The van der Waals surface area contributed by atoms with Gasteiger partial charge in [0.05, 0.1) is 5.69 Å². The SMILES string of the molecule is CC(=O)Nc1c(C(=O)c2cc3ccccc3oc2=O)oc2ccccc12. The van der Waals surface area contributed by atoms with E-state index < -0.39 is 11.4 Å². The number of ketones is 1. The number of benzene rings is 2. The molecule has 0 aliphatic carbocycles. The van der Waals surface area contributed by atoms with Crippen molar-refractivity contribution < 1.29 is 18.4 Å². The predicted octanol–water partition coefficient (Wildman–Crippen LogP) is 3.73. The van der Waals surface area contributed by atoms with Gasteiger partial charge in [-0.3, -0.25) is 9.59 Å². The molecule has 0 aliphatic heterocycles. The average Bonchev–Trinajstić information content (AvgIpc) is 2.98. The van der Waals surface area contributed by atoms with Crippen LogP contribution in [0.1, 0.15) is 23.0 Å². The summed E-state index contributed by atoms with van der Waals surface area (Å²) in [6.07, 6.45) is 0. The Morgan fingerprint density at radius 3 is 2.38 bits per heavy atom. The Hall–Kier alpha value is -3.67. The van der Waals surface area contributed by atoms with Gasteiger partial charge in [-0.2, -0.15) is 0 Å². The summed E-state index contributed by atoms with van der Waals surface area (Å²) in [7, 11) is 0. The highest BCUT2D eigenvalue weighted by Crippen LogP contribution is 2.32. The molecule has 0 fully saturated rings. The van der Waals surface area contributed by atoms with E-state index in [0.717, 1.165) is 0 Å². The summed E-state index contributed by atoms with van der Waals surface area (Å²) in [4.78, 5) is 36.8. The zero-order chi connectivity index (χ0) is 18.3. The number of para-hydroxylation sites is 2. The Morgan fingerprint density at radius 1 is 0.923 bits per heavy atom. The fourth-order valence-corrected chi connectivity index (χ4v) is 2.85. The minimum absolute atomic E-state index is 0.107. The molecule has 0 radical (unpaired) electrons. The fourth-order valence-electron chi connectivity index (χ4n) is 2.85. The Morgan fingerprint density at radius 2 is 1.62 bits per heavy atom. The quantitative estimate of drug-likeness (QED) is 0.450. The summed E-state index contributed by atoms with van der Waals surface area (Å²) in [5.41, 5.74) is 0.147. The van der Waals surface area contributed by atoms with Gasteiger partial charge in [0.1, 0.15) is 16.7 Å². The molecule has 0 aliphatic rings. The average molecular weight is 347 g/mol. The van der Waals surface area contributed by atoms with Gasteiger partial charge in [0, 0.05) is 17.7 Å². The molecule has 4 aromatic rings. The number of anilines is 1. The van der Waals surface area contributed by atoms with Gasteiger partial charge in [-0.15, -0.1) is 0 Å². The van der Waals surface area contributed by atoms with Gasteiger partial charge in [-0.05, 0) is 24.3 Å². The third-order valence-electron chi connectivity index (χ3n) is 3.99. The lowest BCUT2D eigenvalue weighted by Crippen LogP contribution is -2.16. The van der Waals surface area contributed by atoms with E-state index in [2.05, 4.69) is 5.32 Å². The Labute approximate surface area is 147 Å². The third-order valence-corrected chi connectivity index (χ3v) is 3.99. The number of carbonyl (C=O) groups is 2. The number of hydrogen-bond acceptors (Lipinski definition) is 5. The molecule has 0 spiro atoms. The number of hydrogen-bond donors (Lipinski definition) is 1. The second kappa shape index (κ2) is 6.00. The van der Waals surface area contributed by atoms with Crippen molar-refractivity contribution in [3.63, 3.8) is 0 Å². The van der Waals surface area contributed by atoms with Crippen molar-refractivity contribution in [1.29, 1.82) is 0 Å². The minimum atomic E-state index is -0.761. The Bertz CT molecular complexity index is 1230. The zero-order valence-electron chi connectivity index (χ0n) is 13.7. The molecule has 2 heterocycles. The van der Waals surface area contributed by atoms with Crippen LogP contribution in [0.4, 0.5) is 5.69 Å². The molecule has 1 amide bonds. The summed E-state index contributed by atoms with van der Waals surface area (Å²) in [5, 5.41) is 3.82. The Kier molecular flexibility index (Phi) is 3.65. The van der Waals surface area contributed by atoms with Crippen LogP contribution in [0.25, 0.3) is 21.9 Å². The van der Waals surface area contributed by atoms with E-state index in [0.29, 0.717) is 21.9 Å². The molecule has 0 unspecified atom stereocenters. The van der Waals surface area contributed by atoms with Crippen LogP contribution < -0.4 is 10.9 Å². The molecular weight excluding hydrogens is 334 g/mol. The number of amides is 1. The van der Waals surface area contributed by atoms with Crippen molar-refractivity contribution in [3.8, 4) is 0 Å². The minimum Gasteiger partial charge on any atom is -0.450 e. The fraction of sp³-hybridized carbons (Fsp3) is 0.0500. The van der Waals surface area contributed by atoms with Crippen molar-refractivity contribution in [2.24, 2.45) is 0 Å². The maximum atomic E-state index is 13.0. The lowest BCUT2D eigenvalue weighted by atomic mass is 10.1. The van der Waals surface area contributed by atoms with Crippen LogP contribution in [-0.4, -0.2) is 11.7 Å². The zero-order valence-corrected chi connectivity index (χ0v) is 13.7. The van der Waals surface area contributed by atoms with E-state index in [1.807, 2.05) is 0 Å².